The molecule has 0 aromatic rings. The van der Waals surface area contributed by atoms with Gasteiger partial charge in [-0.2, -0.15) is 12.6 Å². The van der Waals surface area contributed by atoms with Gasteiger partial charge in [-0.05, 0) is 17.6 Å². The minimum Gasteiger partial charge on any atom is -0.282 e. The summed E-state index contributed by atoms with van der Waals surface area (Å²) in [5, 5.41) is 0. The van der Waals surface area contributed by atoms with Crippen molar-refractivity contribution in [1.82, 2.24) is 4.90 Å². The molecule has 4 heteroatoms. The summed E-state index contributed by atoms with van der Waals surface area (Å²) in [5.41, 5.74) is -0.519. The van der Waals surface area contributed by atoms with Crippen LogP contribution in [0.1, 0.15) is 34.1 Å². The lowest BCUT2D eigenvalue weighted by Crippen LogP contribution is -2.38. The van der Waals surface area contributed by atoms with E-state index in [0.717, 1.165) is 0 Å². The van der Waals surface area contributed by atoms with Gasteiger partial charge in [0, 0.05) is 13.0 Å². The van der Waals surface area contributed by atoms with Gasteiger partial charge in [-0.3, -0.25) is 14.5 Å². The zero-order valence-corrected chi connectivity index (χ0v) is 11.4. The van der Waals surface area contributed by atoms with Gasteiger partial charge in [-0.15, -0.1) is 0 Å². The molecule has 1 heterocycles. The van der Waals surface area contributed by atoms with Crippen molar-refractivity contribution in [3.63, 3.8) is 0 Å². The standard InChI is InChI=1S/C12H21NO2S/c1-8(2)9(7-16)6-13-10(14)5-12(3,4)11(13)15/h8-9,16H,5-7H2,1-4H3. The fourth-order valence-electron chi connectivity index (χ4n) is 1.93. The number of likely N-dealkylation sites (tertiary alicyclic amines) is 1. The molecule has 1 atom stereocenters. The lowest BCUT2D eigenvalue weighted by molar-refractivity contribution is -0.141. The SMILES string of the molecule is CC(C)C(CS)CN1C(=O)CC(C)(C)C1=O. The quantitative estimate of drug-likeness (QED) is 0.605. The number of nitrogens with zero attached hydrogens (tertiary/aromatic N) is 1. The van der Waals surface area contributed by atoms with Gasteiger partial charge in [0.05, 0.1) is 5.41 Å². The predicted molar refractivity (Wildman–Crippen MR) is 67.3 cm³/mol. The highest BCUT2D eigenvalue weighted by Crippen LogP contribution is 2.32. The van der Waals surface area contributed by atoms with Crippen LogP contribution < -0.4 is 0 Å². The Bertz CT molecular complexity index is 299. The largest absolute Gasteiger partial charge is 0.282 e. The van der Waals surface area contributed by atoms with Gasteiger partial charge in [0.1, 0.15) is 0 Å². The van der Waals surface area contributed by atoms with E-state index in [2.05, 4.69) is 26.5 Å². The van der Waals surface area contributed by atoms with Crippen LogP contribution in [0.2, 0.25) is 0 Å². The molecule has 92 valence electrons. The van der Waals surface area contributed by atoms with E-state index in [9.17, 15) is 9.59 Å². The van der Waals surface area contributed by atoms with Crippen LogP contribution in [0.3, 0.4) is 0 Å². The maximum Gasteiger partial charge on any atom is 0.235 e. The normalized spacial score (nSPS) is 22.0. The average molecular weight is 243 g/mol. The van der Waals surface area contributed by atoms with Crippen LogP contribution in [0.15, 0.2) is 0 Å². The third kappa shape index (κ3) is 2.59. The molecule has 2 amide bonds. The summed E-state index contributed by atoms with van der Waals surface area (Å²) in [5.74, 6) is 1.34. The van der Waals surface area contributed by atoms with E-state index in [-0.39, 0.29) is 17.7 Å². The van der Waals surface area contributed by atoms with Gasteiger partial charge in [-0.1, -0.05) is 27.7 Å². The summed E-state index contributed by atoms with van der Waals surface area (Å²) >= 11 is 4.28. The number of imide groups is 1. The van der Waals surface area contributed by atoms with Crippen molar-refractivity contribution in [2.45, 2.75) is 34.1 Å². The average Bonchev–Trinajstić information content (AvgIpc) is 2.34. The third-order valence-electron chi connectivity index (χ3n) is 3.31. The van der Waals surface area contributed by atoms with Crippen molar-refractivity contribution in [2.75, 3.05) is 12.3 Å². The van der Waals surface area contributed by atoms with Crippen molar-refractivity contribution in [3.8, 4) is 0 Å². The maximum absolute atomic E-state index is 12.0. The summed E-state index contributed by atoms with van der Waals surface area (Å²) in [6.07, 6.45) is 0.337. The first-order chi connectivity index (χ1) is 7.29. The Balaban J connectivity index is 2.75. The molecule has 1 aliphatic heterocycles. The number of rotatable bonds is 4. The topological polar surface area (TPSA) is 37.4 Å². The lowest BCUT2D eigenvalue weighted by atomic mass is 9.92. The predicted octanol–water partition coefficient (Wildman–Crippen LogP) is 1.97. The second-order valence-corrected chi connectivity index (χ2v) is 5.92. The van der Waals surface area contributed by atoms with Crippen molar-refractivity contribution in [3.05, 3.63) is 0 Å². The number of carbonyl (C=O) groups is 2. The first-order valence-electron chi connectivity index (χ1n) is 5.75. The van der Waals surface area contributed by atoms with E-state index in [1.807, 2.05) is 13.8 Å². The fourth-order valence-corrected chi connectivity index (χ4v) is 2.46. The van der Waals surface area contributed by atoms with Crippen LogP contribution in [-0.4, -0.2) is 29.0 Å². The Kier molecular flexibility index (Phi) is 4.05. The molecule has 0 N–H and O–H groups in total. The van der Waals surface area contributed by atoms with Gasteiger partial charge in [-0.25, -0.2) is 0 Å². The summed E-state index contributed by atoms with van der Waals surface area (Å²) in [6, 6.07) is 0. The van der Waals surface area contributed by atoms with Gasteiger partial charge in [0.15, 0.2) is 0 Å². The summed E-state index contributed by atoms with van der Waals surface area (Å²) < 4.78 is 0. The second-order valence-electron chi connectivity index (χ2n) is 5.56. The zero-order valence-electron chi connectivity index (χ0n) is 10.5. The van der Waals surface area contributed by atoms with Crippen LogP contribution >= 0.6 is 12.6 Å². The lowest BCUT2D eigenvalue weighted by Gasteiger charge is -2.25. The van der Waals surface area contributed by atoms with E-state index in [0.29, 0.717) is 24.6 Å². The van der Waals surface area contributed by atoms with Crippen LogP contribution in [0.25, 0.3) is 0 Å². The number of amides is 2. The fraction of sp³-hybridized carbons (Fsp3) is 0.833. The van der Waals surface area contributed by atoms with Gasteiger partial charge in [0.2, 0.25) is 11.8 Å². The minimum absolute atomic E-state index is 0.0371. The molecule has 1 rings (SSSR count). The smallest absolute Gasteiger partial charge is 0.235 e. The number of thiol groups is 1. The third-order valence-corrected chi connectivity index (χ3v) is 3.78. The molecule has 0 radical (unpaired) electrons. The molecule has 1 fully saturated rings. The molecule has 3 nitrogen and oxygen atoms in total. The Morgan fingerprint density at radius 2 is 1.94 bits per heavy atom. The molecule has 0 saturated carbocycles. The van der Waals surface area contributed by atoms with Crippen molar-refractivity contribution < 1.29 is 9.59 Å². The van der Waals surface area contributed by atoms with Crippen LogP contribution in [-0.2, 0) is 9.59 Å². The molecule has 1 aliphatic rings. The summed E-state index contributed by atoms with van der Waals surface area (Å²) in [4.78, 5) is 25.2. The highest BCUT2D eigenvalue weighted by Gasteiger charge is 2.45. The highest BCUT2D eigenvalue weighted by molar-refractivity contribution is 7.80. The number of hydrogen-bond donors (Lipinski definition) is 1. The maximum atomic E-state index is 12.0. The molecule has 0 spiro atoms. The number of hydrogen-bond acceptors (Lipinski definition) is 3. The Hall–Kier alpha value is -0.510. The van der Waals surface area contributed by atoms with Crippen molar-refractivity contribution in [1.29, 1.82) is 0 Å². The summed E-state index contributed by atoms with van der Waals surface area (Å²) in [6.45, 7) is 8.37. The van der Waals surface area contributed by atoms with E-state index in [1.54, 1.807) is 0 Å². The Morgan fingerprint density at radius 1 is 1.38 bits per heavy atom. The molecule has 1 saturated heterocycles. The van der Waals surface area contributed by atoms with Crippen molar-refractivity contribution >= 4 is 24.4 Å². The van der Waals surface area contributed by atoms with Gasteiger partial charge >= 0.3 is 0 Å². The van der Waals surface area contributed by atoms with Crippen LogP contribution in [0.5, 0.6) is 0 Å². The van der Waals surface area contributed by atoms with Crippen molar-refractivity contribution in [2.24, 2.45) is 17.3 Å². The molecule has 0 aliphatic carbocycles. The Labute approximate surface area is 103 Å². The van der Waals surface area contributed by atoms with Gasteiger partial charge < -0.3 is 0 Å². The molecule has 1 unspecified atom stereocenters. The first-order valence-corrected chi connectivity index (χ1v) is 6.38. The van der Waals surface area contributed by atoms with Gasteiger partial charge in [0.25, 0.3) is 0 Å². The second kappa shape index (κ2) is 4.78. The molecular weight excluding hydrogens is 222 g/mol. The first kappa shape index (κ1) is 13.6. The minimum atomic E-state index is -0.519. The van der Waals surface area contributed by atoms with Crippen LogP contribution in [0, 0.1) is 17.3 Å². The highest BCUT2D eigenvalue weighted by atomic mass is 32.1. The van der Waals surface area contributed by atoms with E-state index < -0.39 is 5.41 Å². The Morgan fingerprint density at radius 3 is 2.25 bits per heavy atom. The van der Waals surface area contributed by atoms with Crippen LogP contribution in [0.4, 0.5) is 0 Å². The van der Waals surface area contributed by atoms with E-state index in [4.69, 9.17) is 0 Å². The van der Waals surface area contributed by atoms with E-state index in [1.165, 1.54) is 4.90 Å². The molecule has 16 heavy (non-hydrogen) atoms. The molecule has 0 aromatic carbocycles. The number of carbonyl (C=O) groups excluding carboxylic acids is 2. The van der Waals surface area contributed by atoms with E-state index >= 15 is 0 Å². The monoisotopic (exact) mass is 243 g/mol. The molecular formula is C12H21NO2S. The zero-order chi connectivity index (χ0) is 12.5. The summed E-state index contributed by atoms with van der Waals surface area (Å²) in [7, 11) is 0. The molecule has 0 bridgehead atoms. The molecule has 0 aromatic heterocycles.